The van der Waals surface area contributed by atoms with Crippen molar-refractivity contribution in [1.29, 1.82) is 0 Å². The normalized spacial score (nSPS) is 17.4. The first kappa shape index (κ1) is 21.9. The van der Waals surface area contributed by atoms with Crippen LogP contribution < -0.4 is 9.64 Å². The highest BCUT2D eigenvalue weighted by Gasteiger charge is 2.32. The molecule has 0 spiro atoms. The SMILES string of the molecule is COc1ccc2c(c1)CCCN2CC(=O)N1CCN(S(=O)(=O)c2ccccc2Cl)CC1. The third-order valence-corrected chi connectivity index (χ3v) is 8.27. The molecule has 4 rings (SSSR count). The van der Waals surface area contributed by atoms with Gasteiger partial charge in [0.2, 0.25) is 15.9 Å². The number of nitrogens with zero attached hydrogens (tertiary/aromatic N) is 3. The van der Waals surface area contributed by atoms with E-state index in [-0.39, 0.29) is 35.5 Å². The maximum absolute atomic E-state index is 13.0. The Kier molecular flexibility index (Phi) is 6.41. The maximum Gasteiger partial charge on any atom is 0.244 e. The number of rotatable bonds is 5. The maximum atomic E-state index is 13.0. The average molecular weight is 464 g/mol. The largest absolute Gasteiger partial charge is 0.497 e. The number of carbonyl (C=O) groups excluding carboxylic acids is 1. The Hall–Kier alpha value is -2.29. The summed E-state index contributed by atoms with van der Waals surface area (Å²) in [5, 5.41) is 0.210. The van der Waals surface area contributed by atoms with Gasteiger partial charge in [-0.15, -0.1) is 0 Å². The molecule has 1 amide bonds. The Bertz CT molecular complexity index is 1070. The van der Waals surface area contributed by atoms with E-state index < -0.39 is 10.0 Å². The molecule has 2 aliphatic heterocycles. The van der Waals surface area contributed by atoms with Gasteiger partial charge in [-0.05, 0) is 48.7 Å². The highest BCUT2D eigenvalue weighted by Crippen LogP contribution is 2.30. The minimum absolute atomic E-state index is 0.0125. The van der Waals surface area contributed by atoms with Crippen molar-refractivity contribution >= 4 is 33.2 Å². The Morgan fingerprint density at radius 1 is 1.06 bits per heavy atom. The molecule has 166 valence electrons. The molecule has 31 heavy (non-hydrogen) atoms. The minimum atomic E-state index is -3.67. The number of piperazine rings is 1. The number of hydrogen-bond acceptors (Lipinski definition) is 5. The van der Waals surface area contributed by atoms with Gasteiger partial charge >= 0.3 is 0 Å². The van der Waals surface area contributed by atoms with E-state index in [2.05, 4.69) is 4.90 Å². The molecule has 0 aromatic heterocycles. The topological polar surface area (TPSA) is 70.2 Å². The zero-order valence-electron chi connectivity index (χ0n) is 17.5. The Labute approximate surface area is 188 Å². The summed E-state index contributed by atoms with van der Waals surface area (Å²) in [6.45, 7) is 2.36. The van der Waals surface area contributed by atoms with E-state index in [1.165, 1.54) is 15.9 Å². The summed E-state index contributed by atoms with van der Waals surface area (Å²) >= 11 is 6.09. The molecule has 2 aromatic carbocycles. The first-order valence-corrected chi connectivity index (χ1v) is 12.2. The number of methoxy groups -OCH3 is 1. The van der Waals surface area contributed by atoms with E-state index >= 15 is 0 Å². The van der Waals surface area contributed by atoms with Crippen LogP contribution in [0.15, 0.2) is 47.4 Å². The monoisotopic (exact) mass is 463 g/mol. The van der Waals surface area contributed by atoms with Gasteiger partial charge in [0.15, 0.2) is 0 Å². The van der Waals surface area contributed by atoms with E-state index in [0.717, 1.165) is 30.8 Å². The summed E-state index contributed by atoms with van der Waals surface area (Å²) in [5.74, 6) is 0.834. The second kappa shape index (κ2) is 9.06. The standard InChI is InChI=1S/C22H26ClN3O4S/c1-30-18-8-9-20-17(15-18)5-4-10-25(20)16-22(27)24-11-13-26(14-12-24)31(28,29)21-7-3-2-6-19(21)23/h2-3,6-9,15H,4-5,10-14,16H2,1H3. The Balaban J connectivity index is 1.39. The number of carbonyl (C=O) groups is 1. The van der Waals surface area contributed by atoms with Crippen LogP contribution in [0.3, 0.4) is 0 Å². The molecule has 1 saturated heterocycles. The third-order valence-electron chi connectivity index (χ3n) is 5.87. The first-order valence-electron chi connectivity index (χ1n) is 10.3. The summed E-state index contributed by atoms with van der Waals surface area (Å²) in [4.78, 5) is 16.9. The minimum Gasteiger partial charge on any atom is -0.497 e. The lowest BCUT2D eigenvalue weighted by Gasteiger charge is -2.37. The summed E-state index contributed by atoms with van der Waals surface area (Å²) in [6.07, 6.45) is 1.95. The van der Waals surface area contributed by atoms with Gasteiger partial charge in [0.1, 0.15) is 10.6 Å². The van der Waals surface area contributed by atoms with Gasteiger partial charge in [-0.3, -0.25) is 4.79 Å². The Morgan fingerprint density at radius 2 is 1.81 bits per heavy atom. The molecule has 2 heterocycles. The zero-order chi connectivity index (χ0) is 22.0. The van der Waals surface area contributed by atoms with Gasteiger partial charge in [-0.2, -0.15) is 4.31 Å². The average Bonchev–Trinajstić information content (AvgIpc) is 2.79. The number of hydrogen-bond donors (Lipinski definition) is 0. The number of anilines is 1. The predicted molar refractivity (Wildman–Crippen MR) is 120 cm³/mol. The highest BCUT2D eigenvalue weighted by atomic mass is 35.5. The molecule has 0 bridgehead atoms. The van der Waals surface area contributed by atoms with Crippen LogP contribution in [0.2, 0.25) is 5.02 Å². The molecule has 0 atom stereocenters. The van der Waals surface area contributed by atoms with Crippen LogP contribution in [0.5, 0.6) is 5.75 Å². The quantitative estimate of drug-likeness (QED) is 0.681. The molecule has 0 radical (unpaired) electrons. The van der Waals surface area contributed by atoms with Crippen LogP contribution in [0.25, 0.3) is 0 Å². The van der Waals surface area contributed by atoms with Crippen molar-refractivity contribution in [1.82, 2.24) is 9.21 Å². The van der Waals surface area contributed by atoms with Crippen molar-refractivity contribution in [2.75, 3.05) is 51.3 Å². The van der Waals surface area contributed by atoms with E-state index in [9.17, 15) is 13.2 Å². The van der Waals surface area contributed by atoms with Crippen molar-refractivity contribution in [2.45, 2.75) is 17.7 Å². The molecular weight excluding hydrogens is 438 g/mol. The number of halogens is 1. The van der Waals surface area contributed by atoms with Crippen molar-refractivity contribution in [2.24, 2.45) is 0 Å². The van der Waals surface area contributed by atoms with Crippen molar-refractivity contribution in [3.05, 3.63) is 53.1 Å². The molecule has 2 aliphatic rings. The number of amides is 1. The fourth-order valence-corrected chi connectivity index (χ4v) is 6.09. The highest BCUT2D eigenvalue weighted by molar-refractivity contribution is 7.89. The smallest absolute Gasteiger partial charge is 0.244 e. The predicted octanol–water partition coefficient (Wildman–Crippen LogP) is 2.63. The van der Waals surface area contributed by atoms with Crippen molar-refractivity contribution < 1.29 is 17.9 Å². The van der Waals surface area contributed by atoms with Crippen molar-refractivity contribution in [3.63, 3.8) is 0 Å². The second-order valence-corrected chi connectivity index (χ2v) is 10.0. The fraction of sp³-hybridized carbons (Fsp3) is 0.409. The van der Waals surface area contributed by atoms with Gasteiger partial charge in [0.05, 0.1) is 18.7 Å². The lowest BCUT2D eigenvalue weighted by molar-refractivity contribution is -0.130. The molecule has 1 fully saturated rings. The number of sulfonamides is 1. The lowest BCUT2D eigenvalue weighted by Crippen LogP contribution is -2.52. The van der Waals surface area contributed by atoms with Crippen LogP contribution in [0, 0.1) is 0 Å². The number of aryl methyl sites for hydroxylation is 1. The van der Waals surface area contributed by atoms with Gasteiger partial charge in [0, 0.05) is 38.4 Å². The summed E-state index contributed by atoms with van der Waals surface area (Å²) < 4.78 is 32.5. The van der Waals surface area contributed by atoms with Crippen LogP contribution in [-0.4, -0.2) is 69.9 Å². The molecule has 0 N–H and O–H groups in total. The summed E-state index contributed by atoms with van der Waals surface area (Å²) in [5.41, 5.74) is 2.26. The van der Waals surface area contributed by atoms with Crippen molar-refractivity contribution in [3.8, 4) is 5.75 Å². The van der Waals surface area contributed by atoms with Crippen LogP contribution >= 0.6 is 11.6 Å². The molecule has 2 aromatic rings. The molecular formula is C22H26ClN3O4S. The number of ether oxygens (including phenoxy) is 1. The molecule has 0 aliphatic carbocycles. The van der Waals surface area contributed by atoms with E-state index in [1.807, 2.05) is 18.2 Å². The molecule has 7 nitrogen and oxygen atoms in total. The zero-order valence-corrected chi connectivity index (χ0v) is 19.0. The summed E-state index contributed by atoms with van der Waals surface area (Å²) in [6, 6.07) is 12.4. The summed E-state index contributed by atoms with van der Waals surface area (Å²) in [7, 11) is -2.02. The van der Waals surface area contributed by atoms with E-state index in [4.69, 9.17) is 16.3 Å². The number of benzene rings is 2. The van der Waals surface area contributed by atoms with E-state index in [0.29, 0.717) is 13.1 Å². The molecule has 9 heteroatoms. The second-order valence-electron chi connectivity index (χ2n) is 7.74. The van der Waals surface area contributed by atoms with Crippen LogP contribution in [0.4, 0.5) is 5.69 Å². The lowest BCUT2D eigenvalue weighted by atomic mass is 10.0. The van der Waals surface area contributed by atoms with Crippen LogP contribution in [0.1, 0.15) is 12.0 Å². The number of fused-ring (bicyclic) bond motifs is 1. The van der Waals surface area contributed by atoms with Gasteiger partial charge in [-0.1, -0.05) is 23.7 Å². The van der Waals surface area contributed by atoms with Gasteiger partial charge in [0.25, 0.3) is 0 Å². The molecule has 0 unspecified atom stereocenters. The van der Waals surface area contributed by atoms with Gasteiger partial charge in [-0.25, -0.2) is 8.42 Å². The molecule has 0 saturated carbocycles. The van der Waals surface area contributed by atoms with Crippen LogP contribution in [-0.2, 0) is 21.2 Å². The third kappa shape index (κ3) is 4.51. The van der Waals surface area contributed by atoms with Gasteiger partial charge < -0.3 is 14.5 Å². The Morgan fingerprint density at radius 3 is 2.52 bits per heavy atom. The van der Waals surface area contributed by atoms with E-state index in [1.54, 1.807) is 30.2 Å². The first-order chi connectivity index (χ1) is 14.9. The fourth-order valence-electron chi connectivity index (χ4n) is 4.18.